The van der Waals surface area contributed by atoms with Gasteiger partial charge in [0.05, 0.1) is 12.0 Å². The van der Waals surface area contributed by atoms with Crippen molar-refractivity contribution in [3.8, 4) is 11.1 Å². The van der Waals surface area contributed by atoms with Gasteiger partial charge in [0.1, 0.15) is 6.61 Å². The summed E-state index contributed by atoms with van der Waals surface area (Å²) in [6, 6.07) is 16.1. The van der Waals surface area contributed by atoms with Gasteiger partial charge in [0, 0.05) is 18.9 Å². The molecule has 4 rings (SSSR count). The van der Waals surface area contributed by atoms with Crippen LogP contribution in [-0.4, -0.2) is 42.3 Å². The number of amides is 2. The van der Waals surface area contributed by atoms with Crippen molar-refractivity contribution in [2.45, 2.75) is 44.6 Å². The van der Waals surface area contributed by atoms with E-state index in [0.717, 1.165) is 17.5 Å². The van der Waals surface area contributed by atoms with Crippen molar-refractivity contribution >= 4 is 18.0 Å². The van der Waals surface area contributed by atoms with E-state index in [1.807, 2.05) is 43.3 Å². The lowest BCUT2D eigenvalue weighted by Gasteiger charge is -2.17. The van der Waals surface area contributed by atoms with Crippen LogP contribution in [0.5, 0.6) is 0 Å². The lowest BCUT2D eigenvalue weighted by molar-refractivity contribution is -0.137. The average Bonchev–Trinajstić information content (AvgIpc) is 3.44. The summed E-state index contributed by atoms with van der Waals surface area (Å²) in [5.41, 5.74) is 4.69. The third kappa shape index (κ3) is 6.10. The van der Waals surface area contributed by atoms with E-state index in [0.29, 0.717) is 19.4 Å². The molecule has 35 heavy (non-hydrogen) atoms. The number of carboxylic acid groups (broad SMARTS) is 1. The number of alkyl carbamates (subject to hydrolysis) is 1. The van der Waals surface area contributed by atoms with E-state index in [9.17, 15) is 14.4 Å². The Balaban J connectivity index is 1.20. The summed E-state index contributed by atoms with van der Waals surface area (Å²) < 4.78 is 5.60. The number of rotatable bonds is 10. The summed E-state index contributed by atoms with van der Waals surface area (Å²) in [5.74, 6) is -0.948. The topological polar surface area (TPSA) is 105 Å². The van der Waals surface area contributed by atoms with Crippen LogP contribution in [0, 0.1) is 11.8 Å². The van der Waals surface area contributed by atoms with Crippen LogP contribution in [0.25, 0.3) is 11.1 Å². The molecule has 7 heteroatoms. The highest BCUT2D eigenvalue weighted by atomic mass is 16.5. The van der Waals surface area contributed by atoms with Crippen LogP contribution < -0.4 is 10.6 Å². The minimum absolute atomic E-state index is 0.00341. The smallest absolute Gasteiger partial charge is 0.407 e. The second kappa shape index (κ2) is 11.2. The van der Waals surface area contributed by atoms with Gasteiger partial charge in [-0.1, -0.05) is 67.6 Å². The zero-order chi connectivity index (χ0) is 24.8. The normalized spacial score (nSPS) is 19.0. The summed E-state index contributed by atoms with van der Waals surface area (Å²) in [6.07, 6.45) is 5.12. The molecule has 0 heterocycles. The summed E-state index contributed by atoms with van der Waals surface area (Å²) in [7, 11) is 0. The first kappa shape index (κ1) is 24.5. The molecule has 2 aromatic rings. The molecule has 0 aromatic heterocycles. The Hall–Kier alpha value is -3.61. The fourth-order valence-electron chi connectivity index (χ4n) is 4.88. The summed E-state index contributed by atoms with van der Waals surface area (Å²) in [5, 5.41) is 14.5. The molecular weight excluding hydrogens is 444 g/mol. The van der Waals surface area contributed by atoms with Gasteiger partial charge in [-0.05, 0) is 47.4 Å². The molecule has 2 aromatic carbocycles. The van der Waals surface area contributed by atoms with Crippen LogP contribution in [0.1, 0.15) is 49.7 Å². The van der Waals surface area contributed by atoms with Crippen molar-refractivity contribution in [3.63, 3.8) is 0 Å². The van der Waals surface area contributed by atoms with Crippen molar-refractivity contribution in [2.24, 2.45) is 11.8 Å². The van der Waals surface area contributed by atoms with E-state index in [2.05, 4.69) is 34.9 Å². The predicted molar refractivity (Wildman–Crippen MR) is 133 cm³/mol. The zero-order valence-corrected chi connectivity index (χ0v) is 19.9. The summed E-state index contributed by atoms with van der Waals surface area (Å²) >= 11 is 0. The Morgan fingerprint density at radius 3 is 2.31 bits per heavy atom. The highest BCUT2D eigenvalue weighted by molar-refractivity contribution is 5.81. The van der Waals surface area contributed by atoms with Gasteiger partial charge in [0.15, 0.2) is 0 Å². The van der Waals surface area contributed by atoms with Crippen molar-refractivity contribution in [2.75, 3.05) is 13.2 Å². The Kier molecular flexibility index (Phi) is 7.85. The molecule has 0 fully saturated rings. The number of ether oxygens (including phenoxy) is 1. The van der Waals surface area contributed by atoms with Gasteiger partial charge >= 0.3 is 12.1 Å². The third-order valence-electron chi connectivity index (χ3n) is 6.85. The fraction of sp³-hybridized carbons (Fsp3) is 0.393. The van der Waals surface area contributed by atoms with Crippen LogP contribution in [-0.2, 0) is 14.3 Å². The van der Waals surface area contributed by atoms with Gasteiger partial charge in [-0.25, -0.2) is 4.79 Å². The molecule has 3 atom stereocenters. The second-order valence-electron chi connectivity index (χ2n) is 9.42. The number of nitrogens with one attached hydrogen (secondary N) is 2. The largest absolute Gasteiger partial charge is 0.481 e. The molecule has 3 unspecified atom stereocenters. The maximum Gasteiger partial charge on any atom is 0.407 e. The molecular formula is C28H32N2O5. The number of carbonyl (C=O) groups is 3. The number of fused-ring (bicyclic) bond motifs is 3. The number of carboxylic acids is 1. The molecule has 0 saturated carbocycles. The van der Waals surface area contributed by atoms with Crippen LogP contribution in [0.3, 0.4) is 0 Å². The molecule has 0 radical (unpaired) electrons. The van der Waals surface area contributed by atoms with Crippen molar-refractivity contribution in [1.29, 1.82) is 0 Å². The van der Waals surface area contributed by atoms with E-state index in [1.165, 1.54) is 11.1 Å². The summed E-state index contributed by atoms with van der Waals surface area (Å²) in [6.45, 7) is 2.74. The lowest BCUT2D eigenvalue weighted by Crippen LogP contribution is -2.36. The number of hydrogen-bond donors (Lipinski definition) is 3. The van der Waals surface area contributed by atoms with Gasteiger partial charge < -0.3 is 20.5 Å². The van der Waals surface area contributed by atoms with E-state index in [4.69, 9.17) is 9.84 Å². The fourth-order valence-corrected chi connectivity index (χ4v) is 4.88. The molecule has 2 aliphatic rings. The van der Waals surface area contributed by atoms with E-state index < -0.39 is 12.1 Å². The Morgan fingerprint density at radius 2 is 1.66 bits per heavy atom. The van der Waals surface area contributed by atoms with Gasteiger partial charge in [0.25, 0.3) is 0 Å². The number of hydrogen-bond acceptors (Lipinski definition) is 4. The van der Waals surface area contributed by atoms with E-state index >= 15 is 0 Å². The van der Waals surface area contributed by atoms with Crippen molar-refractivity contribution in [1.82, 2.24) is 10.6 Å². The number of benzene rings is 2. The minimum atomic E-state index is -0.799. The molecule has 2 aliphatic carbocycles. The first-order valence-corrected chi connectivity index (χ1v) is 12.2. The Labute approximate surface area is 205 Å². The van der Waals surface area contributed by atoms with Gasteiger partial charge in [-0.2, -0.15) is 0 Å². The minimum Gasteiger partial charge on any atom is -0.481 e. The average molecular weight is 477 g/mol. The van der Waals surface area contributed by atoms with Crippen molar-refractivity contribution in [3.05, 3.63) is 71.8 Å². The van der Waals surface area contributed by atoms with Crippen LogP contribution in [0.15, 0.2) is 60.7 Å². The van der Waals surface area contributed by atoms with Crippen molar-refractivity contribution < 1.29 is 24.2 Å². The van der Waals surface area contributed by atoms with E-state index in [-0.39, 0.29) is 42.7 Å². The second-order valence-corrected chi connectivity index (χ2v) is 9.42. The zero-order valence-electron chi connectivity index (χ0n) is 19.9. The molecule has 184 valence electrons. The quantitative estimate of drug-likeness (QED) is 0.439. The molecule has 2 amide bonds. The number of carbonyl (C=O) groups excluding carboxylic acids is 2. The highest BCUT2D eigenvalue weighted by Crippen LogP contribution is 2.44. The van der Waals surface area contributed by atoms with E-state index in [1.54, 1.807) is 0 Å². The van der Waals surface area contributed by atoms with Crippen LogP contribution in [0.2, 0.25) is 0 Å². The number of aliphatic carboxylic acids is 1. The van der Waals surface area contributed by atoms with Gasteiger partial charge in [-0.3, -0.25) is 9.59 Å². The maximum absolute atomic E-state index is 12.5. The molecule has 7 nitrogen and oxygen atoms in total. The highest BCUT2D eigenvalue weighted by Gasteiger charge is 2.30. The Bertz CT molecular complexity index is 1070. The molecule has 0 aliphatic heterocycles. The molecule has 3 N–H and O–H groups in total. The standard InChI is InChI=1S/C28H32N2O5/c1-18(10-13-26(31)32)14-15-29-27(33)19-11-12-20(16-19)30-28(34)35-17-25-23-8-4-2-6-21(23)22-7-3-5-9-24(22)25/h2-9,11-12,18-20,25H,10,13-17H2,1H3,(H,29,33)(H,30,34)(H,31,32). The van der Waals surface area contributed by atoms with Crippen LogP contribution in [0.4, 0.5) is 4.79 Å². The SMILES string of the molecule is CC(CCNC(=O)C1C=CC(NC(=O)OCC2c3ccccc3-c3ccccc32)C1)CCC(=O)O. The molecule has 0 saturated heterocycles. The monoisotopic (exact) mass is 476 g/mol. The van der Waals surface area contributed by atoms with Crippen LogP contribution >= 0.6 is 0 Å². The molecule has 0 bridgehead atoms. The van der Waals surface area contributed by atoms with Gasteiger partial charge in [0.2, 0.25) is 5.91 Å². The summed E-state index contributed by atoms with van der Waals surface area (Å²) in [4.78, 5) is 35.6. The first-order valence-electron chi connectivity index (χ1n) is 12.2. The van der Waals surface area contributed by atoms with Gasteiger partial charge in [-0.15, -0.1) is 0 Å². The maximum atomic E-state index is 12.5. The molecule has 0 spiro atoms. The lowest BCUT2D eigenvalue weighted by atomic mass is 9.98. The third-order valence-corrected chi connectivity index (χ3v) is 6.85. The first-order chi connectivity index (χ1) is 16.9. The predicted octanol–water partition coefficient (Wildman–Crippen LogP) is 4.48. The Morgan fingerprint density at radius 1 is 1.00 bits per heavy atom.